The van der Waals surface area contributed by atoms with Crippen molar-refractivity contribution in [2.24, 2.45) is 4.99 Å². The van der Waals surface area contributed by atoms with Gasteiger partial charge in [0.05, 0.1) is 6.54 Å². The first-order valence-electron chi connectivity index (χ1n) is 7.88. The number of aliphatic imine (C=N–C) groups is 1. The predicted octanol–water partition coefficient (Wildman–Crippen LogP) is 3.46. The van der Waals surface area contributed by atoms with Crippen LogP contribution in [0.4, 0.5) is 0 Å². The molecule has 1 rings (SSSR count). The number of halogens is 1. The third-order valence-electron chi connectivity index (χ3n) is 3.36. The molecule has 0 fully saturated rings. The highest BCUT2D eigenvalue weighted by Gasteiger charge is 2.06. The fraction of sp³-hybridized carbons (Fsp3) is 0.688. The van der Waals surface area contributed by atoms with Crippen molar-refractivity contribution in [2.75, 3.05) is 26.2 Å². The van der Waals surface area contributed by atoms with Crippen LogP contribution in [0.2, 0.25) is 0 Å². The third-order valence-corrected chi connectivity index (χ3v) is 4.35. The van der Waals surface area contributed by atoms with Crippen LogP contribution < -0.4 is 10.6 Å². The number of aryl methyl sites for hydroxylation is 1. The zero-order chi connectivity index (χ0) is 15.7. The van der Waals surface area contributed by atoms with Crippen LogP contribution in [-0.2, 0) is 6.54 Å². The summed E-state index contributed by atoms with van der Waals surface area (Å²) in [5, 5.41) is 6.72. The molecule has 1 aromatic rings. The Morgan fingerprint density at radius 1 is 1.27 bits per heavy atom. The standard InChI is InChI=1S/C16H30N4S.HI/c1-6-17-16(18-10-11-20(7-2)13(3)4)19-12-15-9-8-14(5)21-15;/h8-9,13H,6-7,10-12H2,1-5H3,(H2,17,18,19);1H. The normalized spacial score (nSPS) is 11.7. The summed E-state index contributed by atoms with van der Waals surface area (Å²) >= 11 is 1.81. The van der Waals surface area contributed by atoms with Gasteiger partial charge < -0.3 is 10.6 Å². The number of likely N-dealkylation sites (N-methyl/N-ethyl adjacent to an activating group) is 1. The molecule has 0 aliphatic heterocycles. The van der Waals surface area contributed by atoms with E-state index in [9.17, 15) is 0 Å². The van der Waals surface area contributed by atoms with Crippen LogP contribution in [-0.4, -0.2) is 43.1 Å². The third kappa shape index (κ3) is 8.33. The SMILES string of the molecule is CCNC(=NCc1ccc(C)s1)NCCN(CC)C(C)C.I. The van der Waals surface area contributed by atoms with E-state index in [0.29, 0.717) is 6.04 Å². The maximum absolute atomic E-state index is 4.65. The topological polar surface area (TPSA) is 39.7 Å². The minimum Gasteiger partial charge on any atom is -0.357 e. The average Bonchev–Trinajstić information content (AvgIpc) is 2.86. The van der Waals surface area contributed by atoms with Crippen LogP contribution in [0, 0.1) is 6.92 Å². The zero-order valence-corrected chi connectivity index (χ0v) is 17.6. The molecule has 0 radical (unpaired) electrons. The molecule has 6 heteroatoms. The summed E-state index contributed by atoms with van der Waals surface area (Å²) in [6.45, 7) is 15.6. The molecule has 0 spiro atoms. The monoisotopic (exact) mass is 438 g/mol. The Labute approximate surface area is 156 Å². The molecule has 0 saturated heterocycles. The highest BCUT2D eigenvalue weighted by atomic mass is 127. The maximum Gasteiger partial charge on any atom is 0.191 e. The van der Waals surface area contributed by atoms with E-state index in [1.807, 2.05) is 11.3 Å². The Morgan fingerprint density at radius 3 is 2.50 bits per heavy atom. The first-order valence-corrected chi connectivity index (χ1v) is 8.70. The van der Waals surface area contributed by atoms with Gasteiger partial charge in [0.1, 0.15) is 0 Å². The average molecular weight is 438 g/mol. The van der Waals surface area contributed by atoms with Crippen molar-refractivity contribution in [3.63, 3.8) is 0 Å². The second-order valence-electron chi connectivity index (χ2n) is 5.36. The number of nitrogens with one attached hydrogen (secondary N) is 2. The molecule has 0 unspecified atom stereocenters. The Kier molecular flexibility index (Phi) is 11.9. The Balaban J connectivity index is 0.00000441. The van der Waals surface area contributed by atoms with E-state index in [2.05, 4.69) is 67.3 Å². The lowest BCUT2D eigenvalue weighted by Gasteiger charge is -2.25. The molecule has 0 aliphatic carbocycles. The van der Waals surface area contributed by atoms with Crippen molar-refractivity contribution in [1.29, 1.82) is 0 Å². The summed E-state index contributed by atoms with van der Waals surface area (Å²) in [5.41, 5.74) is 0. The maximum atomic E-state index is 4.65. The summed E-state index contributed by atoms with van der Waals surface area (Å²) in [4.78, 5) is 9.74. The molecule has 1 heterocycles. The van der Waals surface area contributed by atoms with Crippen LogP contribution in [0.15, 0.2) is 17.1 Å². The van der Waals surface area contributed by atoms with Crippen molar-refractivity contribution in [1.82, 2.24) is 15.5 Å². The van der Waals surface area contributed by atoms with E-state index in [1.165, 1.54) is 9.75 Å². The molecule has 0 amide bonds. The van der Waals surface area contributed by atoms with Crippen molar-refractivity contribution in [3.05, 3.63) is 21.9 Å². The number of hydrogen-bond acceptors (Lipinski definition) is 3. The molecule has 0 atom stereocenters. The smallest absolute Gasteiger partial charge is 0.191 e. The second kappa shape index (κ2) is 12.1. The van der Waals surface area contributed by atoms with Gasteiger partial charge in [0.2, 0.25) is 0 Å². The Hall–Kier alpha value is -0.340. The van der Waals surface area contributed by atoms with Gasteiger partial charge in [-0.2, -0.15) is 0 Å². The fourth-order valence-corrected chi connectivity index (χ4v) is 2.98. The van der Waals surface area contributed by atoms with E-state index in [1.54, 1.807) is 0 Å². The van der Waals surface area contributed by atoms with Gasteiger partial charge in [-0.3, -0.25) is 4.90 Å². The molecular weight excluding hydrogens is 407 g/mol. The number of nitrogens with zero attached hydrogens (tertiary/aromatic N) is 2. The van der Waals surface area contributed by atoms with Crippen molar-refractivity contribution in [2.45, 2.75) is 47.2 Å². The van der Waals surface area contributed by atoms with Crippen LogP contribution in [0.1, 0.15) is 37.4 Å². The zero-order valence-electron chi connectivity index (χ0n) is 14.5. The lowest BCUT2D eigenvalue weighted by molar-refractivity contribution is 0.237. The Bertz CT molecular complexity index is 432. The lowest BCUT2D eigenvalue weighted by Crippen LogP contribution is -2.43. The first kappa shape index (κ1) is 21.7. The van der Waals surface area contributed by atoms with Gasteiger partial charge in [-0.1, -0.05) is 6.92 Å². The van der Waals surface area contributed by atoms with Crippen LogP contribution in [0.3, 0.4) is 0 Å². The molecule has 0 aliphatic rings. The van der Waals surface area contributed by atoms with E-state index in [4.69, 9.17) is 0 Å². The minimum absolute atomic E-state index is 0. The molecule has 128 valence electrons. The highest BCUT2D eigenvalue weighted by Crippen LogP contribution is 2.15. The van der Waals surface area contributed by atoms with E-state index in [0.717, 1.165) is 38.7 Å². The number of thiophene rings is 1. The summed E-state index contributed by atoms with van der Waals surface area (Å²) in [6, 6.07) is 4.90. The Morgan fingerprint density at radius 2 is 2.00 bits per heavy atom. The van der Waals surface area contributed by atoms with Gasteiger partial charge in [0.15, 0.2) is 5.96 Å². The molecule has 0 bridgehead atoms. The van der Waals surface area contributed by atoms with Crippen LogP contribution in [0.5, 0.6) is 0 Å². The van der Waals surface area contributed by atoms with E-state index < -0.39 is 0 Å². The number of rotatable bonds is 8. The molecule has 1 aromatic heterocycles. The van der Waals surface area contributed by atoms with Crippen molar-refractivity contribution < 1.29 is 0 Å². The summed E-state index contributed by atoms with van der Waals surface area (Å²) < 4.78 is 0. The fourth-order valence-electron chi connectivity index (χ4n) is 2.17. The molecule has 0 aromatic carbocycles. The molecule has 2 N–H and O–H groups in total. The molecular formula is C16H31IN4S. The minimum atomic E-state index is 0. The van der Waals surface area contributed by atoms with E-state index >= 15 is 0 Å². The quantitative estimate of drug-likeness (QED) is 0.371. The van der Waals surface area contributed by atoms with Gasteiger partial charge in [-0.05, 0) is 46.4 Å². The lowest BCUT2D eigenvalue weighted by atomic mass is 10.3. The molecule has 4 nitrogen and oxygen atoms in total. The van der Waals surface area contributed by atoms with Gasteiger partial charge in [-0.15, -0.1) is 35.3 Å². The number of guanidine groups is 1. The van der Waals surface area contributed by atoms with Crippen LogP contribution >= 0.6 is 35.3 Å². The van der Waals surface area contributed by atoms with Crippen molar-refractivity contribution >= 4 is 41.3 Å². The van der Waals surface area contributed by atoms with Crippen LogP contribution in [0.25, 0.3) is 0 Å². The van der Waals surface area contributed by atoms with Crippen molar-refractivity contribution in [3.8, 4) is 0 Å². The van der Waals surface area contributed by atoms with Gasteiger partial charge in [0, 0.05) is 35.4 Å². The number of hydrogen-bond donors (Lipinski definition) is 2. The summed E-state index contributed by atoms with van der Waals surface area (Å²) in [6.07, 6.45) is 0. The second-order valence-corrected chi connectivity index (χ2v) is 6.73. The van der Waals surface area contributed by atoms with E-state index in [-0.39, 0.29) is 24.0 Å². The summed E-state index contributed by atoms with van der Waals surface area (Å²) in [5.74, 6) is 0.906. The van der Waals surface area contributed by atoms with Gasteiger partial charge in [-0.25, -0.2) is 4.99 Å². The largest absolute Gasteiger partial charge is 0.357 e. The van der Waals surface area contributed by atoms with Gasteiger partial charge in [0.25, 0.3) is 0 Å². The molecule has 22 heavy (non-hydrogen) atoms. The van der Waals surface area contributed by atoms with Gasteiger partial charge >= 0.3 is 0 Å². The summed E-state index contributed by atoms with van der Waals surface area (Å²) in [7, 11) is 0. The highest BCUT2D eigenvalue weighted by molar-refractivity contribution is 14.0. The predicted molar refractivity (Wildman–Crippen MR) is 110 cm³/mol. The molecule has 0 saturated carbocycles. The first-order chi connectivity index (χ1) is 10.1.